The van der Waals surface area contributed by atoms with Gasteiger partial charge in [0.2, 0.25) is 5.91 Å². The van der Waals surface area contributed by atoms with Crippen LogP contribution in [0.25, 0.3) is 0 Å². The maximum Gasteiger partial charge on any atom is 0.333 e. The number of hydrogen-bond acceptors (Lipinski definition) is 12. The van der Waals surface area contributed by atoms with Gasteiger partial charge in [0.1, 0.15) is 48.8 Å². The molecule has 15 nitrogen and oxygen atoms in total. The topological polar surface area (TPSA) is 231 Å². The highest BCUT2D eigenvalue weighted by atomic mass is 16.7. The van der Waals surface area contributed by atoms with E-state index < -0.39 is 86.5 Å². The molecule has 6 unspecified atom stereocenters. The van der Waals surface area contributed by atoms with Gasteiger partial charge < -0.3 is 55.3 Å². The third-order valence-electron chi connectivity index (χ3n) is 6.82. The van der Waals surface area contributed by atoms with Gasteiger partial charge in [-0.15, -0.1) is 0 Å². The predicted molar refractivity (Wildman–Crippen MR) is 117 cm³/mol. The number of ether oxygens (including phenoxy) is 3. The van der Waals surface area contributed by atoms with Gasteiger partial charge in [0.25, 0.3) is 0 Å². The Morgan fingerprint density at radius 1 is 0.889 bits per heavy atom. The summed E-state index contributed by atoms with van der Waals surface area (Å²) >= 11 is 0. The van der Waals surface area contributed by atoms with Crippen LogP contribution in [0.2, 0.25) is 0 Å². The van der Waals surface area contributed by atoms with Crippen LogP contribution in [0.1, 0.15) is 32.6 Å². The number of carbonyl (C=O) groups excluding carboxylic acids is 2. The molecular weight excluding hydrogens is 486 g/mol. The number of nitrogens with zero attached hydrogens (tertiary/aromatic N) is 1. The number of aliphatic hydroxyl groups excluding tert-OH is 7. The van der Waals surface area contributed by atoms with Crippen LogP contribution in [-0.2, 0) is 19.0 Å². The summed E-state index contributed by atoms with van der Waals surface area (Å²) in [5.74, 6) is -0.397. The summed E-state index contributed by atoms with van der Waals surface area (Å²) in [7, 11) is 0. The molecule has 15 heteroatoms. The second-order valence-electron chi connectivity index (χ2n) is 9.39. The molecule has 2 heterocycles. The fraction of sp³-hybridized carbons (Fsp3) is 0.905. The molecule has 0 aromatic rings. The molecule has 3 rings (SSSR count). The van der Waals surface area contributed by atoms with Crippen molar-refractivity contribution in [2.24, 2.45) is 5.92 Å². The number of rotatable bonds is 7. The summed E-state index contributed by atoms with van der Waals surface area (Å²) in [6.45, 7) is 0.0134. The first-order valence-corrected chi connectivity index (χ1v) is 12.0. The van der Waals surface area contributed by atoms with Crippen LogP contribution in [0.4, 0.5) is 4.79 Å². The summed E-state index contributed by atoms with van der Waals surface area (Å²) in [4.78, 5) is 24.6. The van der Waals surface area contributed by atoms with E-state index in [-0.39, 0.29) is 0 Å². The number of hydrazine groups is 1. The van der Waals surface area contributed by atoms with Crippen molar-refractivity contribution in [1.29, 1.82) is 0 Å². The standard InChI is InChI=1S/C21H37N3O12/c1-9(27)24(23-21(33)22-6-10-4-2-3-5-10)19-16(31)15(30)18(12(8-26)34-19)36-20-17(32)14(29)13(28)11(7-25)35-20/h10-20,25-26,28-32H,2-8H2,1H3,(H2,22,23,33)/t11?,12?,13-,14?,15?,16?,17?,18-,19-,20+/m1/s1. The van der Waals surface area contributed by atoms with Crippen molar-refractivity contribution in [1.82, 2.24) is 15.8 Å². The molecule has 3 amide bonds. The molecule has 9 N–H and O–H groups in total. The van der Waals surface area contributed by atoms with E-state index in [1.54, 1.807) is 0 Å². The van der Waals surface area contributed by atoms with Crippen molar-refractivity contribution in [2.75, 3.05) is 19.8 Å². The summed E-state index contributed by atoms with van der Waals surface area (Å²) in [5.41, 5.74) is 2.29. The SMILES string of the molecule is CC(=O)N(NC(=O)NCC1CCCC1)[C@@H]1OC(CO)[C@@H](O[C@@H]2OC(CO)[C@@H](O)C(O)C2O)C(O)C1O. The van der Waals surface area contributed by atoms with E-state index in [2.05, 4.69) is 10.7 Å². The van der Waals surface area contributed by atoms with Crippen LogP contribution in [0.5, 0.6) is 0 Å². The maximum atomic E-state index is 12.4. The lowest BCUT2D eigenvalue weighted by molar-refractivity contribution is -0.348. The minimum atomic E-state index is -1.85. The highest BCUT2D eigenvalue weighted by molar-refractivity contribution is 5.80. The molecule has 3 aliphatic rings. The van der Waals surface area contributed by atoms with E-state index in [1.807, 2.05) is 0 Å². The fourth-order valence-electron chi connectivity index (χ4n) is 4.71. The number of nitrogens with one attached hydrogen (secondary N) is 2. The molecule has 0 aromatic heterocycles. The highest BCUT2D eigenvalue weighted by Crippen LogP contribution is 2.30. The second-order valence-corrected chi connectivity index (χ2v) is 9.39. The van der Waals surface area contributed by atoms with Gasteiger partial charge >= 0.3 is 6.03 Å². The van der Waals surface area contributed by atoms with Gasteiger partial charge in [0.15, 0.2) is 12.5 Å². The van der Waals surface area contributed by atoms with Crippen LogP contribution in [0, 0.1) is 5.92 Å². The van der Waals surface area contributed by atoms with Crippen molar-refractivity contribution < 1.29 is 59.5 Å². The summed E-state index contributed by atoms with van der Waals surface area (Å²) in [6, 6.07) is -0.720. The third kappa shape index (κ3) is 6.42. The van der Waals surface area contributed by atoms with Gasteiger partial charge in [-0.05, 0) is 18.8 Å². The number of hydrogen-bond donors (Lipinski definition) is 9. The Morgan fingerprint density at radius 3 is 2.11 bits per heavy atom. The Hall–Kier alpha value is -1.66. The van der Waals surface area contributed by atoms with Crippen molar-refractivity contribution in [3.05, 3.63) is 0 Å². The third-order valence-corrected chi connectivity index (χ3v) is 6.82. The Balaban J connectivity index is 1.67. The van der Waals surface area contributed by atoms with E-state index in [4.69, 9.17) is 14.2 Å². The summed E-state index contributed by atoms with van der Waals surface area (Å²) in [6.07, 6.45) is -12.2. The minimum Gasteiger partial charge on any atom is -0.394 e. The van der Waals surface area contributed by atoms with Crippen molar-refractivity contribution in [2.45, 2.75) is 94.0 Å². The first kappa shape index (κ1) is 28.9. The second kappa shape index (κ2) is 12.7. The monoisotopic (exact) mass is 523 g/mol. The largest absolute Gasteiger partial charge is 0.394 e. The van der Waals surface area contributed by atoms with Crippen molar-refractivity contribution in [3.8, 4) is 0 Å². The average molecular weight is 524 g/mol. The zero-order valence-corrected chi connectivity index (χ0v) is 19.9. The van der Waals surface area contributed by atoms with Gasteiger partial charge in [-0.2, -0.15) is 0 Å². The molecule has 2 aliphatic heterocycles. The predicted octanol–water partition coefficient (Wildman–Crippen LogP) is -4.14. The minimum absolute atomic E-state index is 0.332. The van der Waals surface area contributed by atoms with Crippen LogP contribution in [0.3, 0.4) is 0 Å². The van der Waals surface area contributed by atoms with Gasteiger partial charge in [0.05, 0.1) is 13.2 Å². The lowest BCUT2D eigenvalue weighted by atomic mass is 9.96. The quantitative estimate of drug-likeness (QED) is 0.145. The van der Waals surface area contributed by atoms with Gasteiger partial charge in [0, 0.05) is 13.5 Å². The maximum absolute atomic E-state index is 12.4. The zero-order chi connectivity index (χ0) is 26.6. The lowest BCUT2D eigenvalue weighted by Gasteiger charge is -2.47. The Labute approximate surface area is 207 Å². The van der Waals surface area contributed by atoms with Crippen LogP contribution in [-0.4, -0.2) is 134 Å². The summed E-state index contributed by atoms with van der Waals surface area (Å²) < 4.78 is 16.3. The lowest BCUT2D eigenvalue weighted by Crippen LogP contribution is -2.69. The molecule has 10 atom stereocenters. The first-order valence-electron chi connectivity index (χ1n) is 12.0. The molecule has 3 fully saturated rings. The Kier molecular flexibility index (Phi) is 10.2. The molecule has 208 valence electrons. The van der Waals surface area contributed by atoms with E-state index in [0.29, 0.717) is 17.5 Å². The number of amides is 3. The van der Waals surface area contributed by atoms with Crippen LogP contribution >= 0.6 is 0 Å². The molecule has 0 bridgehead atoms. The highest BCUT2D eigenvalue weighted by Gasteiger charge is 2.52. The molecular formula is C21H37N3O12. The van der Waals surface area contributed by atoms with E-state index in [9.17, 15) is 45.3 Å². The van der Waals surface area contributed by atoms with E-state index >= 15 is 0 Å². The Morgan fingerprint density at radius 2 is 1.53 bits per heavy atom. The zero-order valence-electron chi connectivity index (χ0n) is 19.9. The van der Waals surface area contributed by atoms with Gasteiger partial charge in [-0.3, -0.25) is 4.79 Å². The molecule has 36 heavy (non-hydrogen) atoms. The van der Waals surface area contributed by atoms with Crippen LogP contribution < -0.4 is 10.7 Å². The fourth-order valence-corrected chi connectivity index (χ4v) is 4.71. The van der Waals surface area contributed by atoms with Gasteiger partial charge in [-0.25, -0.2) is 15.2 Å². The molecule has 1 aliphatic carbocycles. The number of urea groups is 1. The van der Waals surface area contributed by atoms with Crippen molar-refractivity contribution >= 4 is 11.9 Å². The molecule has 0 radical (unpaired) electrons. The summed E-state index contributed by atoms with van der Waals surface area (Å²) in [5, 5.41) is 74.1. The first-order chi connectivity index (χ1) is 17.1. The van der Waals surface area contributed by atoms with E-state index in [1.165, 1.54) is 0 Å². The van der Waals surface area contributed by atoms with Crippen molar-refractivity contribution in [3.63, 3.8) is 0 Å². The number of aliphatic hydroxyl groups is 7. The average Bonchev–Trinajstić information content (AvgIpc) is 3.38. The Bertz CT molecular complexity index is 737. The van der Waals surface area contributed by atoms with Gasteiger partial charge in [-0.1, -0.05) is 12.8 Å². The molecule has 2 saturated heterocycles. The normalized spacial score (nSPS) is 39.6. The van der Waals surface area contributed by atoms with E-state index in [0.717, 1.165) is 32.6 Å². The smallest absolute Gasteiger partial charge is 0.333 e. The number of carbonyl (C=O) groups is 2. The van der Waals surface area contributed by atoms with Crippen LogP contribution in [0.15, 0.2) is 0 Å². The molecule has 0 aromatic carbocycles. The molecule has 1 saturated carbocycles. The molecule has 0 spiro atoms.